The summed E-state index contributed by atoms with van der Waals surface area (Å²) in [5.74, 6) is -1.20. The van der Waals surface area contributed by atoms with E-state index in [0.29, 0.717) is 26.0 Å². The van der Waals surface area contributed by atoms with Crippen LogP contribution in [0.15, 0.2) is 53.4 Å². The Morgan fingerprint density at radius 1 is 1.20 bits per heavy atom. The predicted octanol–water partition coefficient (Wildman–Crippen LogP) is 4.02. The lowest BCUT2D eigenvalue weighted by molar-refractivity contribution is -0.113. The molecule has 0 bridgehead atoms. The molecular formula is C18H12FNO3S2. The Bertz CT molecular complexity index is 893. The zero-order chi connectivity index (χ0) is 18.0. The van der Waals surface area contributed by atoms with Gasteiger partial charge in [0.15, 0.2) is 4.32 Å². The van der Waals surface area contributed by atoms with Gasteiger partial charge >= 0.3 is 5.97 Å². The van der Waals surface area contributed by atoms with Crippen LogP contribution in [0.4, 0.5) is 10.1 Å². The van der Waals surface area contributed by atoms with Crippen molar-refractivity contribution in [1.29, 1.82) is 0 Å². The van der Waals surface area contributed by atoms with Crippen LogP contribution < -0.4 is 4.90 Å². The fourth-order valence-corrected chi connectivity index (χ4v) is 3.58. The molecule has 1 aliphatic rings. The molecule has 0 aromatic heterocycles. The number of hydrogen-bond acceptors (Lipinski definition) is 5. The number of esters is 1. The van der Waals surface area contributed by atoms with Gasteiger partial charge in [-0.2, -0.15) is 0 Å². The molecule has 25 heavy (non-hydrogen) atoms. The zero-order valence-corrected chi connectivity index (χ0v) is 14.7. The molecule has 7 heteroatoms. The van der Waals surface area contributed by atoms with E-state index in [1.807, 2.05) is 0 Å². The van der Waals surface area contributed by atoms with Gasteiger partial charge in [-0.15, -0.1) is 0 Å². The van der Waals surface area contributed by atoms with Crippen molar-refractivity contribution in [3.63, 3.8) is 0 Å². The van der Waals surface area contributed by atoms with Gasteiger partial charge in [-0.05, 0) is 36.4 Å². The van der Waals surface area contributed by atoms with Gasteiger partial charge in [0.05, 0.1) is 23.3 Å². The van der Waals surface area contributed by atoms with Crippen molar-refractivity contribution < 1.29 is 18.7 Å². The van der Waals surface area contributed by atoms with Gasteiger partial charge in [0, 0.05) is 5.56 Å². The van der Waals surface area contributed by atoms with E-state index in [9.17, 15) is 14.0 Å². The number of nitrogens with zero attached hydrogens (tertiary/aromatic N) is 1. The normalized spacial score (nSPS) is 15.8. The van der Waals surface area contributed by atoms with Gasteiger partial charge in [-0.3, -0.25) is 9.69 Å². The molecule has 0 radical (unpaired) electrons. The molecule has 3 rings (SSSR count). The molecular weight excluding hydrogens is 361 g/mol. The molecule has 0 unspecified atom stereocenters. The van der Waals surface area contributed by atoms with Crippen LogP contribution >= 0.6 is 24.0 Å². The second kappa shape index (κ2) is 7.16. The smallest absolute Gasteiger partial charge is 0.337 e. The first-order valence-corrected chi connectivity index (χ1v) is 8.44. The number of carbonyl (C=O) groups excluding carboxylic acids is 2. The van der Waals surface area contributed by atoms with Crippen LogP contribution in [0.3, 0.4) is 0 Å². The lowest BCUT2D eigenvalue weighted by Crippen LogP contribution is -2.27. The van der Waals surface area contributed by atoms with Crippen LogP contribution in [0.1, 0.15) is 15.9 Å². The molecule has 126 valence electrons. The van der Waals surface area contributed by atoms with Crippen molar-refractivity contribution in [3.05, 3.63) is 70.4 Å². The quantitative estimate of drug-likeness (QED) is 0.462. The van der Waals surface area contributed by atoms with E-state index in [2.05, 4.69) is 4.74 Å². The molecule has 1 fully saturated rings. The van der Waals surface area contributed by atoms with E-state index >= 15 is 0 Å². The van der Waals surface area contributed by atoms with Crippen molar-refractivity contribution in [3.8, 4) is 0 Å². The molecule has 1 aliphatic heterocycles. The molecule has 0 spiro atoms. The van der Waals surface area contributed by atoms with E-state index < -0.39 is 11.8 Å². The summed E-state index contributed by atoms with van der Waals surface area (Å²) in [6.45, 7) is 0. The Balaban J connectivity index is 1.89. The first kappa shape index (κ1) is 17.3. The molecule has 1 heterocycles. The lowest BCUT2D eigenvalue weighted by atomic mass is 10.2. The van der Waals surface area contributed by atoms with E-state index in [1.165, 1.54) is 24.2 Å². The maximum Gasteiger partial charge on any atom is 0.337 e. The molecule has 0 saturated carbocycles. The van der Waals surface area contributed by atoms with E-state index in [1.54, 1.807) is 42.5 Å². The van der Waals surface area contributed by atoms with E-state index in [4.69, 9.17) is 12.2 Å². The van der Waals surface area contributed by atoms with Gasteiger partial charge in [0.2, 0.25) is 0 Å². The first-order chi connectivity index (χ1) is 12.0. The highest BCUT2D eigenvalue weighted by Crippen LogP contribution is 2.36. The number of methoxy groups -OCH3 is 1. The van der Waals surface area contributed by atoms with E-state index in [0.717, 1.165) is 11.8 Å². The minimum absolute atomic E-state index is 0.323. The Hall–Kier alpha value is -2.51. The largest absolute Gasteiger partial charge is 0.465 e. The second-order valence-corrected chi connectivity index (χ2v) is 6.75. The minimum Gasteiger partial charge on any atom is -0.465 e. The Labute approximate surface area is 153 Å². The first-order valence-electron chi connectivity index (χ1n) is 7.22. The van der Waals surface area contributed by atoms with Gasteiger partial charge in [-0.1, -0.05) is 42.2 Å². The number of thioether (sulfide) groups is 1. The topological polar surface area (TPSA) is 46.6 Å². The average molecular weight is 373 g/mol. The van der Waals surface area contributed by atoms with Gasteiger partial charge in [0.1, 0.15) is 5.82 Å². The molecule has 1 amide bonds. The van der Waals surface area contributed by atoms with Crippen molar-refractivity contribution in [2.45, 2.75) is 0 Å². The third-order valence-corrected chi connectivity index (χ3v) is 4.83. The van der Waals surface area contributed by atoms with Crippen molar-refractivity contribution in [1.82, 2.24) is 0 Å². The standard InChI is InChI=1S/C18H12FNO3S2/c1-23-17(22)11-6-8-13(9-7-11)20-16(21)15(25-18(20)24)10-12-4-2-3-5-14(12)19/h2-10H,1H3/b15-10-. The molecule has 0 aliphatic carbocycles. The lowest BCUT2D eigenvalue weighted by Gasteiger charge is -2.14. The van der Waals surface area contributed by atoms with Crippen LogP contribution in [0.5, 0.6) is 0 Å². The number of amides is 1. The number of anilines is 1. The summed E-state index contributed by atoms with van der Waals surface area (Å²) in [5, 5.41) is 0. The van der Waals surface area contributed by atoms with Crippen LogP contribution in [-0.4, -0.2) is 23.3 Å². The summed E-state index contributed by atoms with van der Waals surface area (Å²) in [7, 11) is 1.30. The highest BCUT2D eigenvalue weighted by Gasteiger charge is 2.33. The summed E-state index contributed by atoms with van der Waals surface area (Å²) >= 11 is 6.38. The predicted molar refractivity (Wildman–Crippen MR) is 99.8 cm³/mol. The van der Waals surface area contributed by atoms with Crippen LogP contribution in [0.2, 0.25) is 0 Å². The number of thiocarbonyl (C=S) groups is 1. The van der Waals surface area contributed by atoms with Crippen molar-refractivity contribution in [2.24, 2.45) is 0 Å². The average Bonchev–Trinajstić information content (AvgIpc) is 2.90. The summed E-state index contributed by atoms with van der Waals surface area (Å²) in [6, 6.07) is 12.5. The number of hydrogen-bond donors (Lipinski definition) is 0. The summed E-state index contributed by atoms with van der Waals surface area (Å²) in [4.78, 5) is 25.8. The third kappa shape index (κ3) is 3.47. The monoisotopic (exact) mass is 373 g/mol. The van der Waals surface area contributed by atoms with Gasteiger partial charge < -0.3 is 4.74 Å². The number of carbonyl (C=O) groups is 2. The molecule has 2 aromatic carbocycles. The Morgan fingerprint density at radius 2 is 1.88 bits per heavy atom. The Morgan fingerprint density at radius 3 is 2.52 bits per heavy atom. The second-order valence-electron chi connectivity index (χ2n) is 5.08. The summed E-state index contributed by atoms with van der Waals surface area (Å²) in [5.41, 5.74) is 1.23. The molecule has 1 saturated heterocycles. The minimum atomic E-state index is -0.462. The number of benzene rings is 2. The van der Waals surface area contributed by atoms with Crippen LogP contribution in [-0.2, 0) is 9.53 Å². The SMILES string of the molecule is COC(=O)c1ccc(N2C(=O)/C(=C/c3ccccc3F)SC2=S)cc1. The van der Waals surface area contributed by atoms with Crippen LogP contribution in [0, 0.1) is 5.82 Å². The maximum atomic E-state index is 13.8. The summed E-state index contributed by atoms with van der Waals surface area (Å²) in [6.07, 6.45) is 1.48. The van der Waals surface area contributed by atoms with E-state index in [-0.39, 0.29) is 5.91 Å². The maximum absolute atomic E-state index is 13.8. The fourth-order valence-electron chi connectivity index (χ4n) is 2.29. The van der Waals surface area contributed by atoms with Gasteiger partial charge in [0.25, 0.3) is 5.91 Å². The fraction of sp³-hybridized carbons (Fsp3) is 0.0556. The molecule has 0 atom stereocenters. The molecule has 4 nitrogen and oxygen atoms in total. The number of rotatable bonds is 3. The number of halogens is 1. The molecule has 0 N–H and O–H groups in total. The molecule has 2 aromatic rings. The highest BCUT2D eigenvalue weighted by atomic mass is 32.2. The third-order valence-electron chi connectivity index (χ3n) is 3.53. The summed E-state index contributed by atoms with van der Waals surface area (Å²) < 4.78 is 18.8. The van der Waals surface area contributed by atoms with Crippen molar-refractivity contribution >= 4 is 51.9 Å². The van der Waals surface area contributed by atoms with Crippen molar-refractivity contribution in [2.75, 3.05) is 12.0 Å². The Kier molecular flexibility index (Phi) is 4.96. The van der Waals surface area contributed by atoms with Gasteiger partial charge in [-0.25, -0.2) is 9.18 Å². The highest BCUT2D eigenvalue weighted by molar-refractivity contribution is 8.27. The zero-order valence-electron chi connectivity index (χ0n) is 13.1. The van der Waals surface area contributed by atoms with Crippen LogP contribution in [0.25, 0.3) is 6.08 Å². The number of ether oxygens (including phenoxy) is 1.